The average molecular weight is 432 g/mol. The molecule has 1 aliphatic rings. The fourth-order valence-corrected chi connectivity index (χ4v) is 3.89. The monoisotopic (exact) mass is 432 g/mol. The molecule has 0 aliphatic carbocycles. The fourth-order valence-electron chi connectivity index (χ4n) is 3.89. The number of Topliss-reactive ketones (excluding diaryl/α,β-unsaturated/α-hetero) is 1. The van der Waals surface area contributed by atoms with Crippen LogP contribution < -0.4 is 9.47 Å². The minimum Gasteiger partial charge on any atom is -0.492 e. The summed E-state index contributed by atoms with van der Waals surface area (Å²) in [5.74, 6) is 1.21. The van der Waals surface area contributed by atoms with E-state index in [-0.39, 0.29) is 5.78 Å². The van der Waals surface area contributed by atoms with Crippen molar-refractivity contribution in [2.75, 3.05) is 6.61 Å². The van der Waals surface area contributed by atoms with Gasteiger partial charge in [-0.05, 0) is 42.0 Å². The molecule has 33 heavy (non-hydrogen) atoms. The Balaban J connectivity index is 1.54. The molecule has 0 fully saturated rings. The molecular formula is C28H20N2O3. The van der Waals surface area contributed by atoms with Crippen LogP contribution in [0.4, 0.5) is 0 Å². The van der Waals surface area contributed by atoms with E-state index in [0.717, 1.165) is 22.4 Å². The van der Waals surface area contributed by atoms with E-state index in [2.05, 4.69) is 11.1 Å². The Morgan fingerprint density at radius 2 is 1.76 bits per heavy atom. The molecule has 1 unspecified atom stereocenters. The summed E-state index contributed by atoms with van der Waals surface area (Å²) in [5.41, 5.74) is 4.84. The van der Waals surface area contributed by atoms with Crippen LogP contribution in [-0.2, 0) is 0 Å². The summed E-state index contributed by atoms with van der Waals surface area (Å²) in [6.45, 7) is 0.374. The van der Waals surface area contributed by atoms with E-state index in [0.29, 0.717) is 35.7 Å². The van der Waals surface area contributed by atoms with E-state index < -0.39 is 6.10 Å². The molecule has 0 radical (unpaired) electrons. The second kappa shape index (κ2) is 8.97. The van der Waals surface area contributed by atoms with E-state index in [4.69, 9.17) is 9.47 Å². The first-order valence-corrected chi connectivity index (χ1v) is 10.7. The number of hydrogen-bond donors (Lipinski definition) is 0. The third kappa shape index (κ3) is 4.32. The molecule has 0 saturated heterocycles. The zero-order valence-electron chi connectivity index (χ0n) is 17.8. The quantitative estimate of drug-likeness (QED) is 0.401. The molecule has 0 saturated carbocycles. The largest absolute Gasteiger partial charge is 0.492 e. The second-order valence-electron chi connectivity index (χ2n) is 7.75. The zero-order chi connectivity index (χ0) is 22.6. The van der Waals surface area contributed by atoms with Gasteiger partial charge in [0, 0.05) is 29.8 Å². The molecule has 3 aromatic carbocycles. The predicted octanol–water partition coefficient (Wildman–Crippen LogP) is 5.75. The van der Waals surface area contributed by atoms with Crippen molar-refractivity contribution < 1.29 is 14.3 Å². The number of hydrogen-bond acceptors (Lipinski definition) is 5. The Hall–Kier alpha value is -4.43. The lowest BCUT2D eigenvalue weighted by Crippen LogP contribution is -2.16. The lowest BCUT2D eigenvalue weighted by Gasteiger charge is -2.22. The molecule has 2 heterocycles. The van der Waals surface area contributed by atoms with Crippen molar-refractivity contribution >= 4 is 5.78 Å². The maximum atomic E-state index is 12.1. The molecule has 0 bridgehead atoms. The molecule has 0 spiro atoms. The van der Waals surface area contributed by atoms with Gasteiger partial charge in [-0.3, -0.25) is 9.78 Å². The van der Waals surface area contributed by atoms with Gasteiger partial charge in [0.15, 0.2) is 5.78 Å². The molecule has 1 aromatic heterocycles. The number of nitrogens with zero attached hydrogens (tertiary/aromatic N) is 2. The van der Waals surface area contributed by atoms with Crippen molar-refractivity contribution in [2.45, 2.75) is 12.5 Å². The molecule has 0 amide bonds. The van der Waals surface area contributed by atoms with Crippen LogP contribution in [0.1, 0.15) is 39.6 Å². The Kier molecular flexibility index (Phi) is 5.57. The molecule has 5 nitrogen and oxygen atoms in total. The molecular weight excluding hydrogens is 412 g/mol. The summed E-state index contributed by atoms with van der Waals surface area (Å²) in [6.07, 6.45) is 1.72. The van der Waals surface area contributed by atoms with Crippen LogP contribution in [0, 0.1) is 11.3 Å². The predicted molar refractivity (Wildman–Crippen MR) is 124 cm³/mol. The summed E-state index contributed by atoms with van der Waals surface area (Å²) in [6, 6.07) is 28.7. The van der Waals surface area contributed by atoms with Crippen molar-refractivity contribution in [1.29, 1.82) is 5.26 Å². The van der Waals surface area contributed by atoms with Gasteiger partial charge < -0.3 is 9.47 Å². The first kappa shape index (κ1) is 20.5. The third-order valence-electron chi connectivity index (χ3n) is 5.59. The van der Waals surface area contributed by atoms with Crippen LogP contribution >= 0.6 is 0 Å². The summed E-state index contributed by atoms with van der Waals surface area (Å²) < 4.78 is 12.1. The highest BCUT2D eigenvalue weighted by Gasteiger charge is 2.22. The number of benzene rings is 3. The SMILES string of the molecule is N#Cc1ccc(C(Oc2ccc3c(c2)OCCC3=O)c2ccnc(-c3ccccc3)c2)cc1. The number of ether oxygens (including phenoxy) is 2. The lowest BCUT2D eigenvalue weighted by molar-refractivity contribution is 0.0933. The fraction of sp³-hybridized carbons (Fsp3) is 0.107. The summed E-state index contributed by atoms with van der Waals surface area (Å²) in [4.78, 5) is 16.7. The number of aromatic nitrogens is 1. The Morgan fingerprint density at radius 1 is 0.939 bits per heavy atom. The maximum Gasteiger partial charge on any atom is 0.169 e. The van der Waals surface area contributed by atoms with E-state index in [1.54, 1.807) is 36.5 Å². The van der Waals surface area contributed by atoms with Gasteiger partial charge in [0.05, 0.1) is 29.5 Å². The minimum absolute atomic E-state index is 0.0769. The van der Waals surface area contributed by atoms with Crippen molar-refractivity contribution in [2.24, 2.45) is 0 Å². The highest BCUT2D eigenvalue weighted by atomic mass is 16.5. The average Bonchev–Trinajstić information content (AvgIpc) is 2.88. The molecule has 5 heteroatoms. The van der Waals surface area contributed by atoms with E-state index >= 15 is 0 Å². The third-order valence-corrected chi connectivity index (χ3v) is 5.59. The Bertz CT molecular complexity index is 1340. The van der Waals surface area contributed by atoms with Crippen molar-refractivity contribution in [3.63, 3.8) is 0 Å². The smallest absolute Gasteiger partial charge is 0.169 e. The summed E-state index contributed by atoms with van der Waals surface area (Å²) in [7, 11) is 0. The summed E-state index contributed by atoms with van der Waals surface area (Å²) in [5, 5.41) is 9.18. The van der Waals surface area contributed by atoms with Gasteiger partial charge in [0.1, 0.15) is 17.6 Å². The van der Waals surface area contributed by atoms with E-state index in [1.165, 1.54) is 0 Å². The second-order valence-corrected chi connectivity index (χ2v) is 7.75. The van der Waals surface area contributed by atoms with Gasteiger partial charge in [-0.2, -0.15) is 5.26 Å². The normalized spacial score (nSPS) is 13.4. The molecule has 160 valence electrons. The number of fused-ring (bicyclic) bond motifs is 1. The lowest BCUT2D eigenvalue weighted by atomic mass is 9.99. The van der Waals surface area contributed by atoms with Gasteiger partial charge in [0.25, 0.3) is 0 Å². The molecule has 1 atom stereocenters. The maximum absolute atomic E-state index is 12.1. The topological polar surface area (TPSA) is 72.2 Å². The number of rotatable bonds is 5. The van der Waals surface area contributed by atoms with Gasteiger partial charge >= 0.3 is 0 Å². The van der Waals surface area contributed by atoms with Crippen molar-refractivity contribution in [3.8, 4) is 28.8 Å². The van der Waals surface area contributed by atoms with Crippen molar-refractivity contribution in [1.82, 2.24) is 4.98 Å². The number of nitriles is 1. The van der Waals surface area contributed by atoms with Crippen LogP contribution in [0.15, 0.2) is 91.1 Å². The molecule has 5 rings (SSSR count). The molecule has 1 aliphatic heterocycles. The van der Waals surface area contributed by atoms with E-state index in [9.17, 15) is 10.1 Å². The molecule has 4 aromatic rings. The van der Waals surface area contributed by atoms with Crippen molar-refractivity contribution in [3.05, 3.63) is 113 Å². The van der Waals surface area contributed by atoms with Gasteiger partial charge in [-0.25, -0.2) is 0 Å². The van der Waals surface area contributed by atoms with Gasteiger partial charge in [-0.1, -0.05) is 42.5 Å². The Morgan fingerprint density at radius 3 is 2.55 bits per heavy atom. The summed E-state index contributed by atoms with van der Waals surface area (Å²) >= 11 is 0. The Labute approximate surface area is 191 Å². The van der Waals surface area contributed by atoms with Crippen LogP contribution in [0.25, 0.3) is 11.3 Å². The highest BCUT2D eigenvalue weighted by Crippen LogP contribution is 2.34. The number of carbonyl (C=O) groups excluding carboxylic acids is 1. The number of pyridine rings is 1. The highest BCUT2D eigenvalue weighted by molar-refractivity contribution is 5.99. The first-order chi connectivity index (χ1) is 16.2. The minimum atomic E-state index is -0.444. The van der Waals surface area contributed by atoms with Crippen LogP contribution in [0.3, 0.4) is 0 Å². The van der Waals surface area contributed by atoms with Gasteiger partial charge in [-0.15, -0.1) is 0 Å². The molecule has 0 N–H and O–H groups in total. The van der Waals surface area contributed by atoms with E-state index in [1.807, 2.05) is 54.6 Å². The van der Waals surface area contributed by atoms with Crippen LogP contribution in [0.5, 0.6) is 11.5 Å². The zero-order valence-corrected chi connectivity index (χ0v) is 17.8. The number of ketones is 1. The number of carbonyl (C=O) groups is 1. The standard InChI is InChI=1S/C28H20N2O3/c29-18-19-6-8-21(9-7-19)28(22-12-14-30-25(16-22)20-4-2-1-3-5-20)33-23-10-11-24-26(31)13-15-32-27(24)17-23/h1-12,14,16-17,28H,13,15H2. The van der Waals surface area contributed by atoms with Crippen LogP contribution in [0.2, 0.25) is 0 Å². The first-order valence-electron chi connectivity index (χ1n) is 10.7. The van der Waals surface area contributed by atoms with Gasteiger partial charge in [0.2, 0.25) is 0 Å². The van der Waals surface area contributed by atoms with Crippen LogP contribution in [-0.4, -0.2) is 17.4 Å².